The van der Waals surface area contributed by atoms with Crippen LogP contribution in [0.2, 0.25) is 0 Å². The summed E-state index contributed by atoms with van der Waals surface area (Å²) < 4.78 is 2.46. The lowest BCUT2D eigenvalue weighted by atomic mass is 10.1. The van der Waals surface area contributed by atoms with E-state index in [-0.39, 0.29) is 18.0 Å². The van der Waals surface area contributed by atoms with Crippen LogP contribution in [0.15, 0.2) is 16.9 Å². The molecule has 0 spiro atoms. The predicted molar refractivity (Wildman–Crippen MR) is 57.8 cm³/mol. The van der Waals surface area contributed by atoms with Gasteiger partial charge in [-0.2, -0.15) is 5.10 Å². The van der Waals surface area contributed by atoms with E-state index >= 15 is 0 Å². The summed E-state index contributed by atoms with van der Waals surface area (Å²) >= 11 is 3.27. The Morgan fingerprint density at radius 3 is 2.71 bits per heavy atom. The number of nitrogens with zero attached hydrogens (tertiary/aromatic N) is 2. The molecule has 0 unspecified atom stereocenters. The molecule has 1 aromatic heterocycles. The van der Waals surface area contributed by atoms with Crippen molar-refractivity contribution in [2.75, 3.05) is 0 Å². The van der Waals surface area contributed by atoms with Crippen LogP contribution >= 0.6 is 15.9 Å². The van der Waals surface area contributed by atoms with Crippen LogP contribution in [0.5, 0.6) is 0 Å². The summed E-state index contributed by atoms with van der Waals surface area (Å²) in [5.74, 6) is -0.0342. The lowest BCUT2D eigenvalue weighted by molar-refractivity contribution is -0.123. The molecule has 0 bridgehead atoms. The highest BCUT2D eigenvalue weighted by Gasteiger charge is 2.13. The normalized spacial score (nSPS) is 11.4. The summed E-state index contributed by atoms with van der Waals surface area (Å²) in [7, 11) is 0. The average molecular weight is 260 g/mol. The third-order valence-corrected chi connectivity index (χ3v) is 1.83. The fourth-order valence-electron chi connectivity index (χ4n) is 1.03. The van der Waals surface area contributed by atoms with Crippen molar-refractivity contribution in [1.82, 2.24) is 15.1 Å². The van der Waals surface area contributed by atoms with Gasteiger partial charge in [0.05, 0.1) is 10.7 Å². The highest BCUT2D eigenvalue weighted by Crippen LogP contribution is 2.06. The fourth-order valence-corrected chi connectivity index (χ4v) is 1.36. The second-order valence-corrected chi connectivity index (χ2v) is 5.07. The SMILES string of the molecule is CC(C)(C)NC(=O)Cn1cc(Br)cn1. The first-order chi connectivity index (χ1) is 6.37. The van der Waals surface area contributed by atoms with E-state index < -0.39 is 0 Å². The molecule has 0 aliphatic rings. The van der Waals surface area contributed by atoms with Gasteiger partial charge >= 0.3 is 0 Å². The van der Waals surface area contributed by atoms with Crippen LogP contribution in [-0.2, 0) is 11.3 Å². The molecule has 78 valence electrons. The van der Waals surface area contributed by atoms with Crippen molar-refractivity contribution in [2.45, 2.75) is 32.9 Å². The minimum atomic E-state index is -0.193. The van der Waals surface area contributed by atoms with Crippen LogP contribution in [0.1, 0.15) is 20.8 Å². The maximum Gasteiger partial charge on any atom is 0.242 e. The molecular weight excluding hydrogens is 246 g/mol. The summed E-state index contributed by atoms with van der Waals surface area (Å²) in [4.78, 5) is 11.5. The Morgan fingerprint density at radius 2 is 2.29 bits per heavy atom. The molecule has 0 aliphatic heterocycles. The molecule has 0 saturated heterocycles. The summed E-state index contributed by atoms with van der Waals surface area (Å²) in [6.07, 6.45) is 3.42. The van der Waals surface area contributed by atoms with Gasteiger partial charge in [-0.05, 0) is 36.7 Å². The molecule has 1 N–H and O–H groups in total. The highest BCUT2D eigenvalue weighted by molar-refractivity contribution is 9.10. The lowest BCUT2D eigenvalue weighted by Gasteiger charge is -2.20. The second-order valence-electron chi connectivity index (χ2n) is 4.15. The maximum atomic E-state index is 11.5. The topological polar surface area (TPSA) is 46.9 Å². The number of aromatic nitrogens is 2. The monoisotopic (exact) mass is 259 g/mol. The molecule has 0 fully saturated rings. The minimum Gasteiger partial charge on any atom is -0.350 e. The van der Waals surface area contributed by atoms with Gasteiger partial charge in [0, 0.05) is 11.7 Å². The van der Waals surface area contributed by atoms with E-state index in [1.807, 2.05) is 20.8 Å². The number of nitrogens with one attached hydrogen (secondary N) is 1. The smallest absolute Gasteiger partial charge is 0.242 e. The Kier molecular flexibility index (Phi) is 3.31. The quantitative estimate of drug-likeness (QED) is 0.877. The first kappa shape index (κ1) is 11.2. The van der Waals surface area contributed by atoms with Gasteiger partial charge in [-0.3, -0.25) is 9.48 Å². The highest BCUT2D eigenvalue weighted by atomic mass is 79.9. The first-order valence-corrected chi connectivity index (χ1v) is 5.15. The van der Waals surface area contributed by atoms with Crippen LogP contribution in [0, 0.1) is 0 Å². The Morgan fingerprint density at radius 1 is 1.64 bits per heavy atom. The van der Waals surface area contributed by atoms with Gasteiger partial charge in [0.15, 0.2) is 0 Å². The van der Waals surface area contributed by atoms with E-state index in [1.54, 1.807) is 17.1 Å². The number of hydrogen-bond acceptors (Lipinski definition) is 2. The zero-order valence-electron chi connectivity index (χ0n) is 8.54. The molecule has 0 radical (unpaired) electrons. The van der Waals surface area contributed by atoms with Crippen LogP contribution in [0.25, 0.3) is 0 Å². The predicted octanol–water partition coefficient (Wildman–Crippen LogP) is 1.56. The van der Waals surface area contributed by atoms with E-state index in [0.29, 0.717) is 0 Å². The largest absolute Gasteiger partial charge is 0.350 e. The van der Waals surface area contributed by atoms with Crippen LogP contribution < -0.4 is 5.32 Å². The molecule has 0 atom stereocenters. The van der Waals surface area contributed by atoms with E-state index in [9.17, 15) is 4.79 Å². The van der Waals surface area contributed by atoms with E-state index in [4.69, 9.17) is 0 Å². The van der Waals surface area contributed by atoms with Gasteiger partial charge in [0.2, 0.25) is 5.91 Å². The van der Waals surface area contributed by atoms with Crippen LogP contribution in [0.4, 0.5) is 0 Å². The molecule has 0 saturated carbocycles. The van der Waals surface area contributed by atoms with Gasteiger partial charge in [0.1, 0.15) is 6.54 Å². The third-order valence-electron chi connectivity index (χ3n) is 1.42. The van der Waals surface area contributed by atoms with E-state index in [1.165, 1.54) is 0 Å². The number of rotatable bonds is 2. The average Bonchev–Trinajstić information content (AvgIpc) is 2.30. The van der Waals surface area contributed by atoms with Gasteiger partial charge in [0.25, 0.3) is 0 Å². The standard InChI is InChI=1S/C9H14BrN3O/c1-9(2,3)12-8(14)6-13-5-7(10)4-11-13/h4-5H,6H2,1-3H3,(H,12,14). The Labute approximate surface area is 91.8 Å². The molecule has 0 aliphatic carbocycles. The van der Waals surface area contributed by atoms with Gasteiger partial charge in [-0.25, -0.2) is 0 Å². The maximum absolute atomic E-state index is 11.5. The van der Waals surface area contributed by atoms with Crippen molar-refractivity contribution in [3.05, 3.63) is 16.9 Å². The molecule has 1 amide bonds. The number of amides is 1. The van der Waals surface area contributed by atoms with E-state index in [0.717, 1.165) is 4.47 Å². The summed E-state index contributed by atoms with van der Waals surface area (Å²) in [5.41, 5.74) is -0.193. The Hall–Kier alpha value is -0.840. The molecular formula is C9H14BrN3O. The molecule has 1 heterocycles. The second kappa shape index (κ2) is 4.13. The number of carbonyl (C=O) groups is 1. The van der Waals surface area contributed by atoms with Crippen molar-refractivity contribution >= 4 is 21.8 Å². The molecule has 0 aromatic carbocycles. The van der Waals surface area contributed by atoms with Gasteiger partial charge in [-0.1, -0.05) is 0 Å². The van der Waals surface area contributed by atoms with Crippen molar-refractivity contribution < 1.29 is 4.79 Å². The van der Waals surface area contributed by atoms with Crippen molar-refractivity contribution in [1.29, 1.82) is 0 Å². The molecule has 14 heavy (non-hydrogen) atoms. The van der Waals surface area contributed by atoms with Gasteiger partial charge < -0.3 is 5.32 Å². The van der Waals surface area contributed by atoms with Crippen LogP contribution in [0.3, 0.4) is 0 Å². The van der Waals surface area contributed by atoms with Crippen LogP contribution in [-0.4, -0.2) is 21.2 Å². The van der Waals surface area contributed by atoms with Gasteiger partial charge in [-0.15, -0.1) is 0 Å². The zero-order chi connectivity index (χ0) is 10.8. The van der Waals surface area contributed by atoms with Crippen molar-refractivity contribution in [2.24, 2.45) is 0 Å². The summed E-state index contributed by atoms with van der Waals surface area (Å²) in [6.45, 7) is 6.10. The Balaban J connectivity index is 2.50. The zero-order valence-corrected chi connectivity index (χ0v) is 10.1. The Bertz CT molecular complexity index is 327. The summed E-state index contributed by atoms with van der Waals surface area (Å²) in [6, 6.07) is 0. The van der Waals surface area contributed by atoms with Crippen molar-refractivity contribution in [3.8, 4) is 0 Å². The molecule has 5 heteroatoms. The molecule has 1 aromatic rings. The third kappa shape index (κ3) is 3.91. The van der Waals surface area contributed by atoms with Crippen molar-refractivity contribution in [3.63, 3.8) is 0 Å². The number of hydrogen-bond donors (Lipinski definition) is 1. The number of halogens is 1. The summed E-state index contributed by atoms with van der Waals surface area (Å²) in [5, 5.41) is 6.86. The fraction of sp³-hybridized carbons (Fsp3) is 0.556. The van der Waals surface area contributed by atoms with E-state index in [2.05, 4.69) is 26.3 Å². The number of carbonyl (C=O) groups excluding carboxylic acids is 1. The minimum absolute atomic E-state index is 0.0342. The lowest BCUT2D eigenvalue weighted by Crippen LogP contribution is -2.42. The molecule has 4 nitrogen and oxygen atoms in total. The first-order valence-electron chi connectivity index (χ1n) is 4.36. The molecule has 1 rings (SSSR count).